The Bertz CT molecular complexity index is 1860. The minimum Gasteiger partial charge on any atom is -0.399 e. The molecule has 5 N–H and O–H groups in total. The predicted octanol–water partition coefficient (Wildman–Crippen LogP) is 3.95. The molecule has 3 aromatic carbocycles. The van der Waals surface area contributed by atoms with Crippen LogP contribution in [-0.2, 0) is 29.1 Å². The van der Waals surface area contributed by atoms with Crippen molar-refractivity contribution in [1.29, 1.82) is 0 Å². The van der Waals surface area contributed by atoms with Gasteiger partial charge in [0.25, 0.3) is 0 Å². The number of para-hydroxylation sites is 1. The van der Waals surface area contributed by atoms with Gasteiger partial charge in [0.2, 0.25) is 11.8 Å². The van der Waals surface area contributed by atoms with Gasteiger partial charge in [0, 0.05) is 25.2 Å². The smallest absolute Gasteiger partial charge is 0.333 e. The number of aromatic nitrogens is 1. The van der Waals surface area contributed by atoms with Crippen LogP contribution in [0.25, 0.3) is 10.2 Å². The summed E-state index contributed by atoms with van der Waals surface area (Å²) in [5.41, 5.74) is 15.6. The molecule has 0 bridgehead atoms. The number of rotatable bonds is 8. The van der Waals surface area contributed by atoms with E-state index in [4.69, 9.17) is 41.1 Å². The first-order chi connectivity index (χ1) is 22.1. The maximum atomic E-state index is 14.2. The van der Waals surface area contributed by atoms with Gasteiger partial charge < -0.3 is 26.6 Å². The first-order valence-electron chi connectivity index (χ1n) is 14.4. The first-order valence-corrected chi connectivity index (χ1v) is 16.0. The van der Waals surface area contributed by atoms with Gasteiger partial charge in [0.1, 0.15) is 12.2 Å². The van der Waals surface area contributed by atoms with E-state index in [1.165, 1.54) is 16.3 Å². The van der Waals surface area contributed by atoms with E-state index in [0.717, 1.165) is 26.9 Å². The van der Waals surface area contributed by atoms with E-state index < -0.39 is 18.2 Å². The molecule has 0 radical (unpaired) electrons. The van der Waals surface area contributed by atoms with Crippen molar-refractivity contribution in [2.45, 2.75) is 31.7 Å². The quantitative estimate of drug-likeness (QED) is 0.190. The number of carbonyl (C=O) groups excluding carboxylic acids is 3. The fourth-order valence-corrected chi connectivity index (χ4v) is 7.01. The van der Waals surface area contributed by atoms with Crippen molar-refractivity contribution < 1.29 is 14.4 Å². The molecule has 4 amide bonds. The summed E-state index contributed by atoms with van der Waals surface area (Å²) in [6, 6.07) is 16.7. The van der Waals surface area contributed by atoms with E-state index in [2.05, 4.69) is 16.2 Å². The molecule has 3 heterocycles. The van der Waals surface area contributed by atoms with E-state index in [9.17, 15) is 14.4 Å². The number of nitrogen functional groups attached to an aromatic ring is 2. The molecule has 14 heteroatoms. The van der Waals surface area contributed by atoms with Crippen LogP contribution < -0.4 is 16.8 Å². The molecule has 236 valence electrons. The number of nitrogens with one attached hydrogen (secondary N) is 1. The Hall–Kier alpha value is -4.54. The highest BCUT2D eigenvalue weighted by atomic mass is 35.5. The second-order valence-corrected chi connectivity index (χ2v) is 12.9. The predicted molar refractivity (Wildman–Crippen MR) is 179 cm³/mol. The van der Waals surface area contributed by atoms with E-state index in [1.807, 2.05) is 30.3 Å². The molecule has 0 aliphatic carbocycles. The van der Waals surface area contributed by atoms with Crippen molar-refractivity contribution in [2.75, 3.05) is 31.1 Å². The van der Waals surface area contributed by atoms with Gasteiger partial charge in [-0.3, -0.25) is 9.59 Å². The molecule has 0 spiro atoms. The van der Waals surface area contributed by atoms with Crippen molar-refractivity contribution in [2.24, 2.45) is 0 Å². The molecule has 2 fully saturated rings. The highest BCUT2D eigenvalue weighted by molar-refractivity contribution is 7.22. The number of halogens is 2. The number of nitrogens with zero attached hydrogens (tertiary/aromatic N) is 5. The molecule has 1 unspecified atom stereocenters. The number of benzene rings is 3. The van der Waals surface area contributed by atoms with Gasteiger partial charge in [-0.2, -0.15) is 5.01 Å². The SMILES string of the molecule is C#CCN(C(=O)NCc1ccc(Cl)c(Cl)c1)N1CC(=O)N2C1CN(Cc1cccc3sc(N)nc13)C(=O)[C@@H]2Cc1ccc(N)cc1. The zero-order valence-corrected chi connectivity index (χ0v) is 26.9. The molecule has 2 atom stereocenters. The minimum atomic E-state index is -0.827. The molecule has 2 aliphatic heterocycles. The Morgan fingerprint density at radius 3 is 2.59 bits per heavy atom. The normalized spacial score (nSPS) is 18.1. The number of hydrazine groups is 1. The van der Waals surface area contributed by atoms with Crippen molar-refractivity contribution >= 4 is 73.4 Å². The minimum absolute atomic E-state index is 0.0984. The summed E-state index contributed by atoms with van der Waals surface area (Å²) < 4.78 is 0.913. The lowest BCUT2D eigenvalue weighted by atomic mass is 9.99. The van der Waals surface area contributed by atoms with Gasteiger partial charge in [0.05, 0.1) is 39.9 Å². The standard InChI is InChI=1S/C32H30Cl2N8O3S/c1-2-12-40(32(45)37-15-20-8-11-23(33)24(34)13-20)41-18-28(43)42-25(14-19-6-9-22(35)10-7-19)30(44)39(17-27(41)42)16-21-4-3-5-26-29(21)38-31(36)46-26/h1,3-11,13,25,27H,12,14-18,35H2,(H2,36,38)(H,37,45)/t25-,27?/m0/s1. The molecule has 1 aromatic heterocycles. The van der Waals surface area contributed by atoms with E-state index in [1.54, 1.807) is 45.1 Å². The highest BCUT2D eigenvalue weighted by Gasteiger charge is 2.52. The Kier molecular flexibility index (Phi) is 8.93. The lowest BCUT2D eigenvalue weighted by Crippen LogP contribution is -2.66. The molecule has 11 nitrogen and oxygen atoms in total. The monoisotopic (exact) mass is 676 g/mol. The van der Waals surface area contributed by atoms with Crippen LogP contribution in [0.1, 0.15) is 16.7 Å². The third-order valence-electron chi connectivity index (χ3n) is 8.07. The Morgan fingerprint density at radius 2 is 1.85 bits per heavy atom. The second kappa shape index (κ2) is 13.1. The summed E-state index contributed by atoms with van der Waals surface area (Å²) in [6.45, 7) is 0.295. The van der Waals surface area contributed by atoms with Crippen LogP contribution in [0.5, 0.6) is 0 Å². The Balaban J connectivity index is 1.31. The van der Waals surface area contributed by atoms with Crippen molar-refractivity contribution in [3.63, 3.8) is 0 Å². The number of anilines is 2. The first kappa shape index (κ1) is 31.4. The number of hydrogen-bond donors (Lipinski definition) is 3. The van der Waals surface area contributed by atoms with Gasteiger partial charge in [-0.25, -0.2) is 14.8 Å². The fraction of sp³-hybridized carbons (Fsp3) is 0.250. The number of carbonyl (C=O) groups is 3. The van der Waals surface area contributed by atoms with Crippen LogP contribution in [-0.4, -0.2) is 74.5 Å². The zero-order valence-electron chi connectivity index (χ0n) is 24.5. The van der Waals surface area contributed by atoms with Crippen molar-refractivity contribution in [3.05, 3.63) is 87.4 Å². The van der Waals surface area contributed by atoms with Crippen LogP contribution in [0.3, 0.4) is 0 Å². The molecule has 2 aliphatic rings. The maximum Gasteiger partial charge on any atom is 0.333 e. The van der Waals surface area contributed by atoms with Crippen LogP contribution in [0.4, 0.5) is 15.6 Å². The van der Waals surface area contributed by atoms with Gasteiger partial charge in [-0.1, -0.05) is 70.8 Å². The highest BCUT2D eigenvalue weighted by Crippen LogP contribution is 2.32. The third-order valence-corrected chi connectivity index (χ3v) is 9.66. The Labute approximate surface area is 279 Å². The van der Waals surface area contributed by atoms with Crippen LogP contribution in [0, 0.1) is 12.3 Å². The van der Waals surface area contributed by atoms with E-state index >= 15 is 0 Å². The molecule has 46 heavy (non-hydrogen) atoms. The fourth-order valence-electron chi connectivity index (χ4n) is 5.91. The molecular formula is C32H30Cl2N8O3S. The van der Waals surface area contributed by atoms with Gasteiger partial charge in [0.15, 0.2) is 5.13 Å². The summed E-state index contributed by atoms with van der Waals surface area (Å²) in [5, 5.41) is 7.05. The average molecular weight is 678 g/mol. The number of piperazine rings is 1. The number of hydrogen-bond acceptors (Lipinski definition) is 8. The number of nitrogens with two attached hydrogens (primary N) is 2. The molecule has 2 saturated heterocycles. The number of terminal acetylenes is 1. The summed E-state index contributed by atoms with van der Waals surface area (Å²) in [7, 11) is 0. The topological polar surface area (TPSA) is 141 Å². The average Bonchev–Trinajstić information content (AvgIpc) is 3.58. The lowest BCUT2D eigenvalue weighted by Gasteiger charge is -2.46. The van der Waals surface area contributed by atoms with E-state index in [0.29, 0.717) is 20.9 Å². The summed E-state index contributed by atoms with van der Waals surface area (Å²) in [6.07, 6.45) is 5.31. The van der Waals surface area contributed by atoms with Crippen LogP contribution >= 0.6 is 34.5 Å². The lowest BCUT2D eigenvalue weighted by molar-refractivity contribution is -0.157. The maximum absolute atomic E-state index is 14.2. The zero-order chi connectivity index (χ0) is 32.5. The molecule has 0 saturated carbocycles. The van der Waals surface area contributed by atoms with Crippen molar-refractivity contribution in [1.82, 2.24) is 30.1 Å². The largest absolute Gasteiger partial charge is 0.399 e. The van der Waals surface area contributed by atoms with Gasteiger partial charge >= 0.3 is 6.03 Å². The molecular weight excluding hydrogens is 647 g/mol. The number of thiazole rings is 1. The second-order valence-electron chi connectivity index (χ2n) is 11.0. The Morgan fingerprint density at radius 1 is 1.09 bits per heavy atom. The summed E-state index contributed by atoms with van der Waals surface area (Å²) in [4.78, 5) is 49.2. The van der Waals surface area contributed by atoms with Gasteiger partial charge in [-0.15, -0.1) is 6.42 Å². The van der Waals surface area contributed by atoms with Crippen molar-refractivity contribution in [3.8, 4) is 12.3 Å². The van der Waals surface area contributed by atoms with Crippen LogP contribution in [0.15, 0.2) is 60.7 Å². The number of fused-ring (bicyclic) bond motifs is 2. The van der Waals surface area contributed by atoms with Crippen LogP contribution in [0.2, 0.25) is 10.0 Å². The van der Waals surface area contributed by atoms with Gasteiger partial charge in [-0.05, 0) is 47.0 Å². The summed E-state index contributed by atoms with van der Waals surface area (Å²) >= 11 is 13.6. The molecule has 4 aromatic rings. The molecule has 6 rings (SSSR count). The van der Waals surface area contributed by atoms with E-state index in [-0.39, 0.29) is 51.0 Å². The number of amides is 4. The summed E-state index contributed by atoms with van der Waals surface area (Å²) in [5.74, 6) is 2.04. The number of urea groups is 1. The third kappa shape index (κ3) is 6.27.